The van der Waals surface area contributed by atoms with E-state index in [0.29, 0.717) is 34.4 Å². The van der Waals surface area contributed by atoms with Crippen molar-refractivity contribution in [1.82, 2.24) is 0 Å². The van der Waals surface area contributed by atoms with Crippen LogP contribution >= 0.6 is 0 Å². The van der Waals surface area contributed by atoms with Gasteiger partial charge in [-0.25, -0.2) is 4.39 Å². The molecule has 1 fully saturated rings. The van der Waals surface area contributed by atoms with Gasteiger partial charge in [-0.05, 0) is 72.2 Å². The second-order valence-corrected chi connectivity index (χ2v) is 9.17. The van der Waals surface area contributed by atoms with Gasteiger partial charge in [0.05, 0.1) is 25.2 Å². The van der Waals surface area contributed by atoms with Gasteiger partial charge in [-0.15, -0.1) is 0 Å². The molecule has 0 saturated carbocycles. The van der Waals surface area contributed by atoms with Crippen molar-refractivity contribution in [2.45, 2.75) is 50.9 Å². The summed E-state index contributed by atoms with van der Waals surface area (Å²) in [5.74, 6) is -0.743. The fourth-order valence-electron chi connectivity index (χ4n) is 4.57. The van der Waals surface area contributed by atoms with Gasteiger partial charge in [0.1, 0.15) is 18.2 Å². The summed E-state index contributed by atoms with van der Waals surface area (Å²) in [5, 5.41) is 18.7. The van der Waals surface area contributed by atoms with Crippen molar-refractivity contribution in [1.29, 1.82) is 0 Å². The summed E-state index contributed by atoms with van der Waals surface area (Å²) in [7, 11) is 0. The van der Waals surface area contributed by atoms with Gasteiger partial charge >= 0.3 is 5.97 Å². The Morgan fingerprint density at radius 2 is 1.97 bits per heavy atom. The van der Waals surface area contributed by atoms with Crippen LogP contribution in [-0.2, 0) is 29.0 Å². The zero-order chi connectivity index (χ0) is 25.5. The first-order valence-corrected chi connectivity index (χ1v) is 12.3. The monoisotopic (exact) mass is 493 g/mol. The number of carbonyl (C=O) groups is 1. The third-order valence-electron chi connectivity index (χ3n) is 6.50. The SMILES string of the molecule is N[C@H](CO)c1cccc(-c2cc(COc3ccccc3CC(=O)O)cc(CCC3CCCO3)c2F)c1. The van der Waals surface area contributed by atoms with Crippen LogP contribution in [0.2, 0.25) is 0 Å². The normalized spacial score (nSPS) is 16.1. The molecule has 7 heteroatoms. The van der Waals surface area contributed by atoms with E-state index < -0.39 is 12.0 Å². The maximum atomic E-state index is 15.8. The maximum absolute atomic E-state index is 15.8. The molecule has 0 aromatic heterocycles. The largest absolute Gasteiger partial charge is 0.489 e. The lowest BCUT2D eigenvalue weighted by atomic mass is 9.94. The van der Waals surface area contributed by atoms with Gasteiger partial charge in [0.15, 0.2) is 0 Å². The van der Waals surface area contributed by atoms with Crippen molar-refractivity contribution < 1.29 is 28.9 Å². The molecule has 4 rings (SSSR count). The fourth-order valence-corrected chi connectivity index (χ4v) is 4.57. The first-order valence-electron chi connectivity index (χ1n) is 12.3. The van der Waals surface area contributed by atoms with E-state index in [1.165, 1.54) is 0 Å². The highest BCUT2D eigenvalue weighted by Gasteiger charge is 2.19. The number of halogens is 1. The average molecular weight is 494 g/mol. The number of rotatable bonds is 11. The molecule has 1 aliphatic heterocycles. The molecule has 3 aromatic carbocycles. The summed E-state index contributed by atoms with van der Waals surface area (Å²) in [4.78, 5) is 11.2. The first kappa shape index (κ1) is 25.8. The fraction of sp³-hybridized carbons (Fsp3) is 0.345. The Hall–Kier alpha value is -3.26. The van der Waals surface area contributed by atoms with E-state index in [4.69, 9.17) is 15.2 Å². The van der Waals surface area contributed by atoms with Gasteiger partial charge in [0.25, 0.3) is 0 Å². The average Bonchev–Trinajstić information content (AvgIpc) is 3.41. The van der Waals surface area contributed by atoms with Crippen LogP contribution in [0.3, 0.4) is 0 Å². The highest BCUT2D eigenvalue weighted by Crippen LogP contribution is 2.31. The lowest BCUT2D eigenvalue weighted by Gasteiger charge is -2.17. The van der Waals surface area contributed by atoms with Gasteiger partial charge in [0, 0.05) is 17.7 Å². The van der Waals surface area contributed by atoms with Gasteiger partial charge in [-0.1, -0.05) is 36.4 Å². The van der Waals surface area contributed by atoms with E-state index in [1.807, 2.05) is 18.2 Å². The summed E-state index contributed by atoms with van der Waals surface area (Å²) in [6.07, 6.45) is 3.27. The smallest absolute Gasteiger partial charge is 0.307 e. The Kier molecular flexibility index (Phi) is 8.70. The van der Waals surface area contributed by atoms with E-state index in [9.17, 15) is 15.0 Å². The molecule has 0 bridgehead atoms. The Bertz CT molecular complexity index is 1190. The molecule has 0 amide bonds. The van der Waals surface area contributed by atoms with Gasteiger partial charge in [0.2, 0.25) is 0 Å². The number of hydrogen-bond donors (Lipinski definition) is 3. The molecule has 4 N–H and O–H groups in total. The van der Waals surface area contributed by atoms with E-state index in [0.717, 1.165) is 37.0 Å². The third kappa shape index (κ3) is 6.49. The van der Waals surface area contributed by atoms with Gasteiger partial charge in [-0.3, -0.25) is 4.79 Å². The molecule has 3 aromatic rings. The molecular formula is C29H32FNO5. The Morgan fingerprint density at radius 1 is 1.14 bits per heavy atom. The highest BCUT2D eigenvalue weighted by atomic mass is 19.1. The number of aliphatic hydroxyl groups excluding tert-OH is 1. The van der Waals surface area contributed by atoms with Crippen LogP contribution in [0.15, 0.2) is 60.7 Å². The molecule has 36 heavy (non-hydrogen) atoms. The molecule has 2 atom stereocenters. The Balaban J connectivity index is 1.65. The van der Waals surface area contributed by atoms with Crippen LogP contribution in [0.25, 0.3) is 11.1 Å². The molecular weight excluding hydrogens is 461 g/mol. The maximum Gasteiger partial charge on any atom is 0.307 e. The van der Waals surface area contributed by atoms with E-state index in [1.54, 1.807) is 42.5 Å². The number of hydrogen-bond acceptors (Lipinski definition) is 5. The number of aliphatic hydroxyl groups is 1. The molecule has 1 heterocycles. The molecule has 0 aliphatic carbocycles. The lowest BCUT2D eigenvalue weighted by Crippen LogP contribution is -2.14. The topological polar surface area (TPSA) is 102 Å². The third-order valence-corrected chi connectivity index (χ3v) is 6.50. The predicted molar refractivity (Wildman–Crippen MR) is 135 cm³/mol. The minimum absolute atomic E-state index is 0.140. The van der Waals surface area contributed by atoms with Crippen LogP contribution in [0.1, 0.15) is 47.6 Å². The van der Waals surface area contributed by atoms with Crippen molar-refractivity contribution in [3.63, 3.8) is 0 Å². The minimum atomic E-state index is -0.937. The summed E-state index contributed by atoms with van der Waals surface area (Å²) in [6.45, 7) is 0.703. The standard InChI is InChI=1S/C29H32FNO5/c30-29-23(10-11-24-8-4-12-35-24)13-19(18-36-27-9-2-1-5-22(27)16-28(33)34)14-25(29)20-6-3-7-21(15-20)26(31)17-32/h1-3,5-7,9,13-15,24,26,32H,4,8,10-12,16-18,31H2,(H,33,34)/t24?,26-/m1/s1. The number of carboxylic acid groups (broad SMARTS) is 1. The van der Waals surface area contributed by atoms with Crippen LogP contribution < -0.4 is 10.5 Å². The minimum Gasteiger partial charge on any atom is -0.489 e. The number of aliphatic carboxylic acids is 1. The van der Waals surface area contributed by atoms with Crippen molar-refractivity contribution >= 4 is 5.97 Å². The second-order valence-electron chi connectivity index (χ2n) is 9.17. The Morgan fingerprint density at radius 3 is 2.72 bits per heavy atom. The zero-order valence-corrected chi connectivity index (χ0v) is 20.2. The summed E-state index contributed by atoms with van der Waals surface area (Å²) in [5.41, 5.74) is 9.76. The van der Waals surface area contributed by atoms with Crippen LogP contribution in [0.4, 0.5) is 4.39 Å². The predicted octanol–water partition coefficient (Wildman–Crippen LogP) is 4.80. The van der Waals surface area contributed by atoms with Crippen molar-refractivity contribution in [3.8, 4) is 16.9 Å². The first-order chi connectivity index (χ1) is 17.4. The summed E-state index contributed by atoms with van der Waals surface area (Å²) in [6, 6.07) is 17.3. The van der Waals surface area contributed by atoms with Crippen molar-refractivity contribution in [2.75, 3.05) is 13.2 Å². The molecule has 1 saturated heterocycles. The van der Waals surface area contributed by atoms with Crippen molar-refractivity contribution in [3.05, 3.63) is 88.7 Å². The summed E-state index contributed by atoms with van der Waals surface area (Å²) < 4.78 is 27.5. The van der Waals surface area contributed by atoms with Crippen LogP contribution in [-0.4, -0.2) is 35.5 Å². The number of carboxylic acids is 1. The summed E-state index contributed by atoms with van der Waals surface area (Å²) >= 11 is 0. The van der Waals surface area contributed by atoms with Crippen LogP contribution in [0.5, 0.6) is 5.75 Å². The molecule has 1 aliphatic rings. The lowest BCUT2D eigenvalue weighted by molar-refractivity contribution is -0.136. The zero-order valence-electron chi connectivity index (χ0n) is 20.2. The van der Waals surface area contributed by atoms with E-state index in [-0.39, 0.29) is 31.6 Å². The van der Waals surface area contributed by atoms with Gasteiger partial charge in [-0.2, -0.15) is 0 Å². The quantitative estimate of drug-likeness (QED) is 0.355. The number of aryl methyl sites for hydroxylation is 1. The highest BCUT2D eigenvalue weighted by molar-refractivity contribution is 5.71. The Labute approximate surface area is 210 Å². The van der Waals surface area contributed by atoms with E-state index >= 15 is 4.39 Å². The number of nitrogens with two attached hydrogens (primary N) is 1. The molecule has 1 unspecified atom stereocenters. The van der Waals surface area contributed by atoms with E-state index in [2.05, 4.69) is 0 Å². The van der Waals surface area contributed by atoms with Crippen LogP contribution in [0, 0.1) is 5.82 Å². The molecule has 0 radical (unpaired) electrons. The molecule has 6 nitrogen and oxygen atoms in total. The molecule has 0 spiro atoms. The van der Waals surface area contributed by atoms with Crippen molar-refractivity contribution in [2.24, 2.45) is 5.73 Å². The number of benzene rings is 3. The number of ether oxygens (including phenoxy) is 2. The molecule has 190 valence electrons. The van der Waals surface area contributed by atoms with Gasteiger partial charge < -0.3 is 25.4 Å². The number of para-hydroxylation sites is 1. The second kappa shape index (κ2) is 12.1.